The van der Waals surface area contributed by atoms with E-state index in [9.17, 15) is 9.59 Å². The third kappa shape index (κ3) is 3.33. The molecule has 0 fully saturated rings. The molecule has 1 amide bonds. The minimum atomic E-state index is -1.04. The number of aromatic nitrogens is 2. The predicted molar refractivity (Wildman–Crippen MR) is 83.1 cm³/mol. The number of anilines is 1. The summed E-state index contributed by atoms with van der Waals surface area (Å²) >= 11 is 0. The van der Waals surface area contributed by atoms with Crippen molar-refractivity contribution >= 4 is 17.6 Å². The van der Waals surface area contributed by atoms with E-state index in [0.717, 1.165) is 0 Å². The van der Waals surface area contributed by atoms with Crippen LogP contribution in [0.15, 0.2) is 36.5 Å². The van der Waals surface area contributed by atoms with E-state index in [-0.39, 0.29) is 11.6 Å². The van der Waals surface area contributed by atoms with Crippen molar-refractivity contribution in [1.29, 1.82) is 0 Å². The van der Waals surface area contributed by atoms with Crippen molar-refractivity contribution in [3.63, 3.8) is 0 Å². The maximum Gasteiger partial charge on any atom is 0.328 e. The molecule has 0 spiro atoms. The molecule has 0 aliphatic rings. The summed E-state index contributed by atoms with van der Waals surface area (Å²) in [6.07, 6.45) is 1.41. The Hall–Kier alpha value is -2.63. The van der Waals surface area contributed by atoms with Gasteiger partial charge in [0.2, 0.25) is 0 Å². The second kappa shape index (κ2) is 6.43. The molecule has 116 valence electrons. The highest BCUT2D eigenvalue weighted by Crippen LogP contribution is 2.18. The van der Waals surface area contributed by atoms with E-state index in [1.807, 2.05) is 24.3 Å². The molecule has 2 N–H and O–H groups in total. The number of hydrogen-bond acceptors (Lipinski definition) is 3. The number of carboxylic acids is 1. The zero-order valence-corrected chi connectivity index (χ0v) is 12.8. The van der Waals surface area contributed by atoms with Crippen molar-refractivity contribution < 1.29 is 14.7 Å². The number of carboxylic acid groups (broad SMARTS) is 1. The van der Waals surface area contributed by atoms with E-state index in [0.29, 0.717) is 11.6 Å². The van der Waals surface area contributed by atoms with Crippen molar-refractivity contribution in [2.75, 3.05) is 5.32 Å². The highest BCUT2D eigenvalue weighted by atomic mass is 16.4. The van der Waals surface area contributed by atoms with Crippen LogP contribution in [0.1, 0.15) is 48.8 Å². The molecular formula is C16H19N3O3. The number of aliphatic carboxylic acids is 1. The number of benzene rings is 1. The van der Waals surface area contributed by atoms with Gasteiger partial charge in [0.1, 0.15) is 11.7 Å². The topological polar surface area (TPSA) is 84.2 Å². The van der Waals surface area contributed by atoms with Gasteiger partial charge in [-0.1, -0.05) is 26.0 Å². The van der Waals surface area contributed by atoms with Crippen LogP contribution in [-0.4, -0.2) is 26.8 Å². The molecule has 0 bridgehead atoms. The van der Waals surface area contributed by atoms with Gasteiger partial charge in [0.15, 0.2) is 0 Å². The zero-order chi connectivity index (χ0) is 16.3. The van der Waals surface area contributed by atoms with Crippen molar-refractivity contribution in [3.05, 3.63) is 47.8 Å². The maximum absolute atomic E-state index is 12.3. The number of carbonyl (C=O) groups is 2. The van der Waals surface area contributed by atoms with Crippen LogP contribution in [-0.2, 0) is 4.79 Å². The molecule has 2 aromatic rings. The Kier molecular flexibility index (Phi) is 4.60. The third-order valence-corrected chi connectivity index (χ3v) is 3.46. The number of nitrogens with zero attached hydrogens (tertiary/aromatic N) is 2. The molecule has 0 aliphatic heterocycles. The second-order valence-corrected chi connectivity index (χ2v) is 5.41. The first-order valence-corrected chi connectivity index (χ1v) is 7.07. The van der Waals surface area contributed by atoms with Crippen LogP contribution in [0.5, 0.6) is 0 Å². The van der Waals surface area contributed by atoms with E-state index >= 15 is 0 Å². The van der Waals surface area contributed by atoms with Gasteiger partial charge >= 0.3 is 5.97 Å². The molecule has 6 heteroatoms. The van der Waals surface area contributed by atoms with Crippen molar-refractivity contribution in [2.24, 2.45) is 0 Å². The quantitative estimate of drug-likeness (QED) is 0.889. The number of hydrogen-bond donors (Lipinski definition) is 2. The molecule has 6 nitrogen and oxygen atoms in total. The number of rotatable bonds is 5. The first-order valence-electron chi connectivity index (χ1n) is 7.07. The van der Waals surface area contributed by atoms with Gasteiger partial charge in [-0.05, 0) is 36.6 Å². The molecule has 0 saturated heterocycles. The van der Waals surface area contributed by atoms with E-state index in [1.165, 1.54) is 29.4 Å². The highest BCUT2D eigenvalue weighted by molar-refractivity contribution is 6.03. The van der Waals surface area contributed by atoms with E-state index < -0.39 is 12.0 Å². The summed E-state index contributed by atoms with van der Waals surface area (Å²) < 4.78 is 1.19. The van der Waals surface area contributed by atoms with Gasteiger partial charge in [-0.2, -0.15) is 5.10 Å². The van der Waals surface area contributed by atoms with Gasteiger partial charge in [0, 0.05) is 11.9 Å². The molecule has 1 atom stereocenters. The van der Waals surface area contributed by atoms with Crippen molar-refractivity contribution in [1.82, 2.24) is 9.78 Å². The molecule has 0 saturated carbocycles. The molecule has 1 aromatic heterocycles. The number of carbonyl (C=O) groups excluding carboxylic acids is 1. The molecule has 0 radical (unpaired) electrons. The van der Waals surface area contributed by atoms with Crippen LogP contribution in [0.25, 0.3) is 0 Å². The Bertz CT molecular complexity index is 674. The van der Waals surface area contributed by atoms with Crippen LogP contribution in [0.2, 0.25) is 0 Å². The summed E-state index contributed by atoms with van der Waals surface area (Å²) in [6, 6.07) is 8.16. The fourth-order valence-corrected chi connectivity index (χ4v) is 2.05. The lowest BCUT2D eigenvalue weighted by Crippen LogP contribution is -2.24. The summed E-state index contributed by atoms with van der Waals surface area (Å²) in [5.74, 6) is -1.01. The van der Waals surface area contributed by atoms with Gasteiger partial charge < -0.3 is 10.4 Å². The fraction of sp³-hybridized carbons (Fsp3) is 0.312. The van der Waals surface area contributed by atoms with E-state index in [1.54, 1.807) is 0 Å². The number of amides is 1. The Morgan fingerprint density at radius 2 is 1.77 bits per heavy atom. The highest BCUT2D eigenvalue weighted by Gasteiger charge is 2.21. The molecule has 1 heterocycles. The third-order valence-electron chi connectivity index (χ3n) is 3.46. The standard InChI is InChI=1S/C16H19N3O3/c1-10(2)12-4-6-13(7-5-12)18-15(20)14-8-9-17-19(14)11(3)16(21)22/h4-11H,1-3H3,(H,18,20)(H,21,22). The fourth-order valence-electron chi connectivity index (χ4n) is 2.05. The number of nitrogens with one attached hydrogen (secondary N) is 1. The van der Waals surface area contributed by atoms with Gasteiger partial charge in [-0.25, -0.2) is 9.48 Å². The summed E-state index contributed by atoms with van der Waals surface area (Å²) in [5, 5.41) is 15.7. The van der Waals surface area contributed by atoms with E-state index in [4.69, 9.17) is 5.11 Å². The lowest BCUT2D eigenvalue weighted by atomic mass is 10.0. The molecule has 2 rings (SSSR count). The minimum absolute atomic E-state index is 0.211. The SMILES string of the molecule is CC(C)c1ccc(NC(=O)c2ccnn2C(C)C(=O)O)cc1. The second-order valence-electron chi connectivity index (χ2n) is 5.41. The average molecular weight is 301 g/mol. The lowest BCUT2D eigenvalue weighted by molar-refractivity contribution is -0.140. The van der Waals surface area contributed by atoms with Crippen LogP contribution in [0.4, 0.5) is 5.69 Å². The zero-order valence-electron chi connectivity index (χ0n) is 12.8. The summed E-state index contributed by atoms with van der Waals surface area (Å²) in [5.41, 5.74) is 2.05. The Morgan fingerprint density at radius 3 is 2.32 bits per heavy atom. The van der Waals surface area contributed by atoms with Gasteiger partial charge in [0.05, 0.1) is 0 Å². The van der Waals surface area contributed by atoms with Crippen LogP contribution in [0, 0.1) is 0 Å². The van der Waals surface area contributed by atoms with Crippen molar-refractivity contribution in [3.8, 4) is 0 Å². The Labute approximate surface area is 128 Å². The van der Waals surface area contributed by atoms with Gasteiger partial charge in [-0.15, -0.1) is 0 Å². The average Bonchev–Trinajstić information content (AvgIpc) is 2.96. The van der Waals surface area contributed by atoms with Crippen LogP contribution >= 0.6 is 0 Å². The van der Waals surface area contributed by atoms with Crippen LogP contribution < -0.4 is 5.32 Å². The molecule has 1 unspecified atom stereocenters. The molecular weight excluding hydrogens is 282 g/mol. The normalized spacial score (nSPS) is 12.2. The Balaban J connectivity index is 2.16. The Morgan fingerprint density at radius 1 is 1.14 bits per heavy atom. The molecule has 1 aromatic carbocycles. The smallest absolute Gasteiger partial charge is 0.328 e. The first-order chi connectivity index (χ1) is 10.4. The lowest BCUT2D eigenvalue weighted by Gasteiger charge is -2.12. The van der Waals surface area contributed by atoms with Crippen molar-refractivity contribution in [2.45, 2.75) is 32.7 Å². The minimum Gasteiger partial charge on any atom is -0.480 e. The first kappa shape index (κ1) is 15.8. The molecule has 0 aliphatic carbocycles. The van der Waals surface area contributed by atoms with E-state index in [2.05, 4.69) is 24.3 Å². The van der Waals surface area contributed by atoms with Gasteiger partial charge in [0.25, 0.3) is 5.91 Å². The monoisotopic (exact) mass is 301 g/mol. The predicted octanol–water partition coefficient (Wildman–Crippen LogP) is 2.90. The summed E-state index contributed by atoms with van der Waals surface area (Å²) in [7, 11) is 0. The summed E-state index contributed by atoms with van der Waals surface area (Å²) in [6.45, 7) is 5.67. The van der Waals surface area contributed by atoms with Crippen LogP contribution in [0.3, 0.4) is 0 Å². The van der Waals surface area contributed by atoms with Gasteiger partial charge in [-0.3, -0.25) is 4.79 Å². The maximum atomic E-state index is 12.3. The largest absolute Gasteiger partial charge is 0.480 e. The molecule has 22 heavy (non-hydrogen) atoms. The summed E-state index contributed by atoms with van der Waals surface area (Å²) in [4.78, 5) is 23.3.